The van der Waals surface area contributed by atoms with Crippen LogP contribution in [0, 0.1) is 19.3 Å². The van der Waals surface area contributed by atoms with E-state index < -0.39 is 11.4 Å². The van der Waals surface area contributed by atoms with Gasteiger partial charge in [0, 0.05) is 63.4 Å². The molecule has 1 N–H and O–H groups in total. The molecule has 3 heterocycles. The quantitative estimate of drug-likeness (QED) is 0.140. The van der Waals surface area contributed by atoms with Crippen molar-refractivity contribution in [3.05, 3.63) is 131 Å². The Labute approximate surface area is 285 Å². The summed E-state index contributed by atoms with van der Waals surface area (Å²) in [5.41, 5.74) is 7.16. The fourth-order valence-electron chi connectivity index (χ4n) is 5.60. The number of hydrogen-bond donors (Lipinski definition) is 1. The van der Waals surface area contributed by atoms with Crippen molar-refractivity contribution in [3.63, 3.8) is 0 Å². The molecule has 0 fully saturated rings. The molecule has 0 radical (unpaired) electrons. The molecule has 0 unspecified atom stereocenters. The first-order valence-corrected chi connectivity index (χ1v) is 16.7. The van der Waals surface area contributed by atoms with E-state index >= 15 is 0 Å². The average Bonchev–Trinajstić information content (AvgIpc) is 3.36. The summed E-state index contributed by atoms with van der Waals surface area (Å²) in [5.74, 6) is 0.467. The Morgan fingerprint density at radius 3 is 2.33 bits per heavy atom. The average molecular weight is 658 g/mol. The van der Waals surface area contributed by atoms with Crippen LogP contribution in [-0.4, -0.2) is 32.7 Å². The minimum Gasteiger partial charge on any atom is -0.487 e. The van der Waals surface area contributed by atoms with Crippen LogP contribution < -0.4 is 9.47 Å². The number of carbonyl (C=O) groups is 1. The fourth-order valence-corrected chi connectivity index (χ4v) is 6.69. The lowest BCUT2D eigenvalue weighted by Crippen LogP contribution is -2.27. The summed E-state index contributed by atoms with van der Waals surface area (Å²) >= 11 is 1.66. The second-order valence-corrected chi connectivity index (χ2v) is 13.7. The lowest BCUT2D eigenvalue weighted by molar-refractivity contribution is -0.146. The molecule has 0 spiro atoms. The maximum absolute atomic E-state index is 12.5. The number of aromatic nitrogens is 3. The third kappa shape index (κ3) is 7.24. The zero-order valence-electron chi connectivity index (χ0n) is 27.9. The predicted molar refractivity (Wildman–Crippen MR) is 191 cm³/mol. The van der Waals surface area contributed by atoms with Crippen molar-refractivity contribution in [2.24, 2.45) is 5.41 Å². The van der Waals surface area contributed by atoms with Crippen LogP contribution in [0.25, 0.3) is 22.0 Å². The van der Waals surface area contributed by atoms with Crippen molar-refractivity contribution >= 4 is 28.6 Å². The van der Waals surface area contributed by atoms with Crippen LogP contribution in [0.3, 0.4) is 0 Å². The number of rotatable bonds is 12. The molecule has 7 nitrogen and oxygen atoms in total. The van der Waals surface area contributed by atoms with Gasteiger partial charge >= 0.3 is 5.97 Å². The first-order chi connectivity index (χ1) is 23.1. The Bertz CT molecular complexity index is 2050. The Morgan fingerprint density at radius 1 is 0.917 bits per heavy atom. The van der Waals surface area contributed by atoms with Crippen LogP contribution in [0.4, 0.5) is 0 Å². The van der Waals surface area contributed by atoms with Crippen molar-refractivity contribution < 1.29 is 19.4 Å². The SMILES string of the molecule is COc1ccc(-c2ccc(Sc3c(CC(C)(C)C(=O)O)n(Cc4ccccc4)c4cc(OCc5ccc(C)c(C)n5)ccc34)cc2)cn1. The molecular weight excluding hydrogens is 619 g/mol. The van der Waals surface area contributed by atoms with Gasteiger partial charge in [-0.1, -0.05) is 60.3 Å². The van der Waals surface area contributed by atoms with E-state index in [-0.39, 0.29) is 0 Å². The van der Waals surface area contributed by atoms with Crippen molar-refractivity contribution in [3.8, 4) is 22.8 Å². The Balaban J connectivity index is 1.42. The number of aryl methyl sites for hydroxylation is 2. The first-order valence-electron chi connectivity index (χ1n) is 15.9. The van der Waals surface area contributed by atoms with Crippen molar-refractivity contribution in [2.45, 2.75) is 57.1 Å². The second kappa shape index (κ2) is 14.0. The fraction of sp³-hybridized carbons (Fsp3) is 0.225. The lowest BCUT2D eigenvalue weighted by atomic mass is 9.88. The van der Waals surface area contributed by atoms with Gasteiger partial charge in [0.25, 0.3) is 0 Å². The Kier molecular flexibility index (Phi) is 9.55. The number of hydrogen-bond acceptors (Lipinski definition) is 6. The maximum atomic E-state index is 12.5. The molecule has 0 amide bonds. The predicted octanol–water partition coefficient (Wildman–Crippen LogP) is 9.16. The van der Waals surface area contributed by atoms with Crippen LogP contribution in [0.15, 0.2) is 113 Å². The standard InChI is InChI=1S/C40H39N3O4S/c1-26-11-15-31(42-27(26)2)25-47-32-16-19-34-35(21-32)43(24-28-9-7-6-8-10-28)36(22-40(3,4)39(44)45)38(34)48-33-17-12-29(13-18-33)30-14-20-37(46-5)41-23-30/h6-21,23H,22,24-25H2,1-5H3,(H,44,45). The van der Waals surface area contributed by atoms with Gasteiger partial charge in [0.2, 0.25) is 5.88 Å². The zero-order valence-corrected chi connectivity index (χ0v) is 28.7. The minimum atomic E-state index is -0.988. The summed E-state index contributed by atoms with van der Waals surface area (Å²) < 4.78 is 13.8. The van der Waals surface area contributed by atoms with Gasteiger partial charge in [-0.25, -0.2) is 4.98 Å². The third-order valence-corrected chi connectivity index (χ3v) is 9.78. The van der Waals surface area contributed by atoms with Gasteiger partial charge in [-0.05, 0) is 80.8 Å². The number of carboxylic acid groups (broad SMARTS) is 1. The summed E-state index contributed by atoms with van der Waals surface area (Å²) in [5, 5.41) is 11.3. The molecule has 0 saturated heterocycles. The van der Waals surface area contributed by atoms with Gasteiger partial charge in [-0.15, -0.1) is 0 Å². The summed E-state index contributed by atoms with van der Waals surface area (Å²) in [6.45, 7) is 8.57. The van der Waals surface area contributed by atoms with E-state index in [4.69, 9.17) is 9.47 Å². The van der Waals surface area contributed by atoms with E-state index in [9.17, 15) is 9.90 Å². The number of carboxylic acids is 1. The van der Waals surface area contributed by atoms with Crippen LogP contribution >= 0.6 is 11.8 Å². The Hall–Kier alpha value is -5.08. The summed E-state index contributed by atoms with van der Waals surface area (Å²) in [6.07, 6.45) is 2.16. The van der Waals surface area contributed by atoms with Crippen LogP contribution in [0.1, 0.15) is 42.1 Å². The Morgan fingerprint density at radius 2 is 1.67 bits per heavy atom. The molecule has 48 heavy (non-hydrogen) atoms. The highest BCUT2D eigenvalue weighted by Crippen LogP contribution is 2.43. The molecule has 0 aliphatic rings. The summed E-state index contributed by atoms with van der Waals surface area (Å²) in [7, 11) is 1.61. The van der Waals surface area contributed by atoms with Gasteiger partial charge < -0.3 is 19.1 Å². The molecule has 8 heteroatoms. The topological polar surface area (TPSA) is 86.5 Å². The lowest BCUT2D eigenvalue weighted by Gasteiger charge is -2.22. The van der Waals surface area contributed by atoms with Crippen LogP contribution in [-0.2, 0) is 24.4 Å². The van der Waals surface area contributed by atoms with E-state index in [1.54, 1.807) is 38.9 Å². The summed E-state index contributed by atoms with van der Waals surface area (Å²) in [4.78, 5) is 23.6. The highest BCUT2D eigenvalue weighted by Gasteiger charge is 2.32. The molecule has 0 aliphatic heterocycles. The highest BCUT2D eigenvalue weighted by molar-refractivity contribution is 7.99. The molecule has 0 bridgehead atoms. The number of fused-ring (bicyclic) bond motifs is 1. The molecule has 0 atom stereocenters. The van der Waals surface area contributed by atoms with E-state index in [2.05, 4.69) is 69.1 Å². The molecule has 6 rings (SSSR count). The second-order valence-electron chi connectivity index (χ2n) is 12.6. The number of nitrogens with zero attached hydrogens (tertiary/aromatic N) is 3. The zero-order chi connectivity index (χ0) is 33.8. The molecule has 244 valence electrons. The first kappa shape index (κ1) is 32.8. The molecule has 3 aromatic carbocycles. The minimum absolute atomic E-state index is 0.350. The monoisotopic (exact) mass is 657 g/mol. The number of methoxy groups -OCH3 is 1. The highest BCUT2D eigenvalue weighted by atomic mass is 32.2. The normalized spacial score (nSPS) is 11.5. The van der Waals surface area contributed by atoms with Crippen molar-refractivity contribution in [1.29, 1.82) is 0 Å². The number of pyridine rings is 2. The van der Waals surface area contributed by atoms with Gasteiger partial charge in [-0.3, -0.25) is 9.78 Å². The molecule has 0 saturated carbocycles. The van der Waals surface area contributed by atoms with E-state index in [1.807, 2.05) is 56.3 Å². The van der Waals surface area contributed by atoms with Gasteiger partial charge in [0.15, 0.2) is 0 Å². The molecule has 3 aromatic heterocycles. The van der Waals surface area contributed by atoms with E-state index in [0.717, 1.165) is 65.8 Å². The van der Waals surface area contributed by atoms with Gasteiger partial charge in [-0.2, -0.15) is 0 Å². The number of aliphatic carboxylic acids is 1. The summed E-state index contributed by atoms with van der Waals surface area (Å²) in [6, 6.07) is 32.7. The van der Waals surface area contributed by atoms with Crippen LogP contribution in [0.5, 0.6) is 11.6 Å². The van der Waals surface area contributed by atoms with Crippen molar-refractivity contribution in [2.75, 3.05) is 7.11 Å². The number of ether oxygens (including phenoxy) is 2. The molecule has 6 aromatic rings. The maximum Gasteiger partial charge on any atom is 0.309 e. The molecular formula is C40H39N3O4S. The smallest absolute Gasteiger partial charge is 0.309 e. The van der Waals surface area contributed by atoms with Gasteiger partial charge in [0.05, 0.1) is 23.7 Å². The third-order valence-electron chi connectivity index (χ3n) is 8.61. The number of benzene rings is 3. The van der Waals surface area contributed by atoms with Crippen molar-refractivity contribution in [1.82, 2.24) is 14.5 Å². The largest absolute Gasteiger partial charge is 0.487 e. The van der Waals surface area contributed by atoms with Crippen LogP contribution in [0.2, 0.25) is 0 Å². The van der Waals surface area contributed by atoms with Gasteiger partial charge in [0.1, 0.15) is 12.4 Å². The van der Waals surface area contributed by atoms with E-state index in [0.29, 0.717) is 25.5 Å². The molecule has 0 aliphatic carbocycles. The van der Waals surface area contributed by atoms with E-state index in [1.165, 1.54) is 0 Å².